The highest BCUT2D eigenvalue weighted by Gasteiger charge is 2.33. The van der Waals surface area contributed by atoms with Crippen LogP contribution in [0.25, 0.3) is 0 Å². The Morgan fingerprint density at radius 1 is 1.20 bits per heavy atom. The summed E-state index contributed by atoms with van der Waals surface area (Å²) >= 11 is 1.39. The number of amides is 1. The molecule has 0 aromatic rings. The second kappa shape index (κ2) is 6.67. The van der Waals surface area contributed by atoms with Gasteiger partial charge < -0.3 is 4.90 Å². The Balaban J connectivity index is 1.85. The molecule has 0 bridgehead atoms. The molecule has 0 radical (unpaired) electrons. The number of thioether (sulfide) groups is 1. The van der Waals surface area contributed by atoms with Crippen LogP contribution in [0.2, 0.25) is 0 Å². The predicted molar refractivity (Wildman–Crippen MR) is 73.1 cm³/mol. The highest BCUT2D eigenvalue weighted by Crippen LogP contribution is 2.25. The van der Waals surface area contributed by atoms with Crippen LogP contribution in [0.3, 0.4) is 0 Å². The molecular weight excluding hydrogens is 289 g/mol. The fourth-order valence-electron chi connectivity index (χ4n) is 2.20. The van der Waals surface area contributed by atoms with Gasteiger partial charge in [-0.15, -0.1) is 0 Å². The molecule has 0 N–H and O–H groups in total. The quantitative estimate of drug-likeness (QED) is 0.783. The molecule has 20 heavy (non-hydrogen) atoms. The van der Waals surface area contributed by atoms with Gasteiger partial charge >= 0.3 is 6.18 Å². The number of carbonyl (C=O) groups is 1. The Kier molecular flexibility index (Phi) is 5.15. The maximum atomic E-state index is 12.3. The molecule has 1 amide bonds. The van der Waals surface area contributed by atoms with Gasteiger partial charge in [-0.1, -0.05) is 23.9 Å². The van der Waals surface area contributed by atoms with Crippen LogP contribution in [-0.4, -0.2) is 54.6 Å². The molecule has 3 nitrogen and oxygen atoms in total. The summed E-state index contributed by atoms with van der Waals surface area (Å²) in [6.07, 6.45) is 1.51. The molecule has 0 aromatic carbocycles. The second-order valence-corrected chi connectivity index (χ2v) is 5.77. The Hall–Kier alpha value is -0.950. The van der Waals surface area contributed by atoms with Crippen molar-refractivity contribution in [3.8, 4) is 0 Å². The van der Waals surface area contributed by atoms with E-state index in [-0.39, 0.29) is 19.0 Å². The van der Waals surface area contributed by atoms with E-state index in [0.717, 1.165) is 12.8 Å². The fourth-order valence-corrected chi connectivity index (χ4v) is 3.03. The molecule has 0 aromatic heterocycles. The van der Waals surface area contributed by atoms with Gasteiger partial charge in [0.25, 0.3) is 5.91 Å². The van der Waals surface area contributed by atoms with E-state index in [1.807, 2.05) is 17.6 Å². The first kappa shape index (κ1) is 15.4. The summed E-state index contributed by atoms with van der Waals surface area (Å²) in [5.41, 5.74) is 0. The summed E-state index contributed by atoms with van der Waals surface area (Å²) in [7, 11) is 0. The van der Waals surface area contributed by atoms with Gasteiger partial charge in [0, 0.05) is 26.2 Å². The predicted octanol–water partition coefficient (Wildman–Crippen LogP) is 2.62. The van der Waals surface area contributed by atoms with Gasteiger partial charge in [-0.2, -0.15) is 13.2 Å². The van der Waals surface area contributed by atoms with E-state index in [4.69, 9.17) is 0 Å². The van der Waals surface area contributed by atoms with Crippen molar-refractivity contribution < 1.29 is 18.0 Å². The third-order valence-corrected chi connectivity index (χ3v) is 4.15. The molecular formula is C13H17F3N2OS. The largest absolute Gasteiger partial charge is 0.401 e. The number of carbonyl (C=O) groups excluding carboxylic acids is 1. The first-order valence-electron chi connectivity index (χ1n) is 6.56. The maximum Gasteiger partial charge on any atom is 0.401 e. The van der Waals surface area contributed by atoms with Crippen LogP contribution in [0.1, 0.15) is 12.8 Å². The van der Waals surface area contributed by atoms with Crippen molar-refractivity contribution in [3.05, 3.63) is 22.5 Å². The van der Waals surface area contributed by atoms with Crippen molar-refractivity contribution in [3.63, 3.8) is 0 Å². The molecule has 2 heterocycles. The molecule has 7 heteroatoms. The molecule has 1 saturated heterocycles. The van der Waals surface area contributed by atoms with E-state index in [9.17, 15) is 18.0 Å². The minimum atomic E-state index is -4.17. The third-order valence-electron chi connectivity index (χ3n) is 3.23. The summed E-state index contributed by atoms with van der Waals surface area (Å²) in [4.78, 5) is 15.9. The van der Waals surface area contributed by atoms with E-state index in [0.29, 0.717) is 18.0 Å². The SMILES string of the molecule is O=C(C1=CCCC=CS1)N1CCN(CC(F)(F)F)CC1. The topological polar surface area (TPSA) is 23.6 Å². The number of hydrogen-bond donors (Lipinski definition) is 0. The van der Waals surface area contributed by atoms with E-state index in [2.05, 4.69) is 0 Å². The molecule has 2 aliphatic heterocycles. The van der Waals surface area contributed by atoms with E-state index in [1.165, 1.54) is 16.7 Å². The van der Waals surface area contributed by atoms with Crippen LogP contribution in [0.4, 0.5) is 13.2 Å². The summed E-state index contributed by atoms with van der Waals surface area (Å²) in [6, 6.07) is 0. The van der Waals surface area contributed by atoms with Crippen LogP contribution in [-0.2, 0) is 4.79 Å². The molecule has 0 saturated carbocycles. The van der Waals surface area contributed by atoms with Crippen molar-refractivity contribution in [1.82, 2.24) is 9.80 Å². The fraction of sp³-hybridized carbons (Fsp3) is 0.615. The van der Waals surface area contributed by atoms with Crippen molar-refractivity contribution >= 4 is 17.7 Å². The average Bonchev–Trinajstić information content (AvgIpc) is 2.66. The van der Waals surface area contributed by atoms with Crippen molar-refractivity contribution in [2.45, 2.75) is 19.0 Å². The van der Waals surface area contributed by atoms with Crippen molar-refractivity contribution in [2.24, 2.45) is 0 Å². The molecule has 0 aliphatic carbocycles. The van der Waals surface area contributed by atoms with Crippen molar-refractivity contribution in [2.75, 3.05) is 32.7 Å². The minimum absolute atomic E-state index is 0.0618. The Bertz CT molecular complexity index is 412. The maximum absolute atomic E-state index is 12.3. The number of halogens is 3. The standard InChI is InChI=1S/C13H17F3N2OS/c14-13(15,16)10-17-5-7-18(8-6-17)12(19)11-4-2-1-3-9-20-11/h3-4,9H,1-2,5-8,10H2. The smallest absolute Gasteiger partial charge is 0.336 e. The molecule has 2 rings (SSSR count). The lowest BCUT2D eigenvalue weighted by Gasteiger charge is -2.35. The zero-order valence-electron chi connectivity index (χ0n) is 11.0. The number of nitrogens with zero attached hydrogens (tertiary/aromatic N) is 2. The Morgan fingerprint density at radius 3 is 2.55 bits per heavy atom. The number of rotatable bonds is 2. The lowest BCUT2D eigenvalue weighted by Crippen LogP contribution is -2.51. The van der Waals surface area contributed by atoms with E-state index >= 15 is 0 Å². The van der Waals surface area contributed by atoms with Gasteiger partial charge in [0.05, 0.1) is 11.4 Å². The summed E-state index contributed by atoms with van der Waals surface area (Å²) in [5.74, 6) is -0.0618. The van der Waals surface area contributed by atoms with Gasteiger partial charge in [0.2, 0.25) is 0 Å². The van der Waals surface area contributed by atoms with Gasteiger partial charge in [-0.05, 0) is 18.2 Å². The molecule has 0 unspecified atom stereocenters. The monoisotopic (exact) mass is 306 g/mol. The first-order valence-corrected chi connectivity index (χ1v) is 7.44. The number of alkyl halides is 3. The van der Waals surface area contributed by atoms with Gasteiger partial charge in [0.1, 0.15) is 0 Å². The minimum Gasteiger partial charge on any atom is -0.336 e. The zero-order chi connectivity index (χ0) is 14.6. The first-order chi connectivity index (χ1) is 9.46. The van der Waals surface area contributed by atoms with Crippen molar-refractivity contribution in [1.29, 1.82) is 0 Å². The highest BCUT2D eigenvalue weighted by molar-refractivity contribution is 8.06. The lowest BCUT2D eigenvalue weighted by atomic mass is 10.2. The average molecular weight is 306 g/mol. The van der Waals surface area contributed by atoms with Crippen LogP contribution < -0.4 is 0 Å². The number of hydrogen-bond acceptors (Lipinski definition) is 3. The Labute approximate surface area is 120 Å². The Morgan fingerprint density at radius 2 is 1.90 bits per heavy atom. The molecule has 0 spiro atoms. The molecule has 1 fully saturated rings. The summed E-state index contributed by atoms with van der Waals surface area (Å²) < 4.78 is 36.9. The van der Waals surface area contributed by atoms with Gasteiger partial charge in [-0.3, -0.25) is 9.69 Å². The lowest BCUT2D eigenvalue weighted by molar-refractivity contribution is -0.150. The van der Waals surface area contributed by atoms with Crippen LogP contribution in [0, 0.1) is 0 Å². The zero-order valence-corrected chi connectivity index (χ0v) is 11.8. The normalized spacial score (nSPS) is 21.6. The van der Waals surface area contributed by atoms with Crippen LogP contribution >= 0.6 is 11.8 Å². The molecule has 2 aliphatic rings. The molecule has 0 atom stereocenters. The van der Waals surface area contributed by atoms with E-state index in [1.54, 1.807) is 4.90 Å². The van der Waals surface area contributed by atoms with Crippen LogP contribution in [0.5, 0.6) is 0 Å². The summed E-state index contributed by atoms with van der Waals surface area (Å²) in [6.45, 7) is 0.375. The van der Waals surface area contributed by atoms with E-state index < -0.39 is 12.7 Å². The highest BCUT2D eigenvalue weighted by atomic mass is 32.2. The number of allylic oxidation sites excluding steroid dienone is 2. The van der Waals surface area contributed by atoms with Gasteiger partial charge in [-0.25, -0.2) is 0 Å². The number of piperazine rings is 1. The third kappa shape index (κ3) is 4.56. The second-order valence-electron chi connectivity index (χ2n) is 4.82. The molecule has 112 valence electrons. The van der Waals surface area contributed by atoms with Gasteiger partial charge in [0.15, 0.2) is 0 Å². The summed E-state index contributed by atoms with van der Waals surface area (Å²) in [5, 5.41) is 1.90. The van der Waals surface area contributed by atoms with Crippen LogP contribution in [0.15, 0.2) is 22.5 Å².